The molecule has 0 radical (unpaired) electrons. The Bertz CT molecular complexity index is 5390. The third-order valence-corrected chi connectivity index (χ3v) is 21.5. The summed E-state index contributed by atoms with van der Waals surface area (Å²) in [6.45, 7) is 55.8. The van der Waals surface area contributed by atoms with Crippen LogP contribution >= 0.6 is 0 Å². The number of hydrogen-bond donors (Lipinski definition) is 0. The van der Waals surface area contributed by atoms with Gasteiger partial charge in [-0.1, -0.05) is 245 Å². The number of nitriles is 1. The average molecular weight is 1290 g/mol. The van der Waals surface area contributed by atoms with Crippen LogP contribution in [0.1, 0.15) is 216 Å². The second-order valence-electron chi connectivity index (χ2n) is 36.8. The monoisotopic (exact) mass is 1290 g/mol. The van der Waals surface area contributed by atoms with E-state index in [9.17, 15) is 5.26 Å². The molecule has 5 nitrogen and oxygen atoms in total. The van der Waals surface area contributed by atoms with E-state index in [1.165, 1.54) is 66.1 Å². The van der Waals surface area contributed by atoms with Gasteiger partial charge in [-0.15, -0.1) is 0 Å². The summed E-state index contributed by atoms with van der Waals surface area (Å²) in [6.07, 6.45) is 0. The van der Waals surface area contributed by atoms with Gasteiger partial charge in [-0.05, 0) is 190 Å². The van der Waals surface area contributed by atoms with Crippen molar-refractivity contribution < 1.29 is 0 Å². The molecule has 0 amide bonds. The van der Waals surface area contributed by atoms with Crippen molar-refractivity contribution in [2.45, 2.75) is 209 Å². The highest BCUT2D eigenvalue weighted by Crippen LogP contribution is 2.54. The summed E-state index contributed by atoms with van der Waals surface area (Å²) in [6, 6.07) is 71.9. The highest BCUT2D eigenvalue weighted by Gasteiger charge is 2.37. The molecule has 0 aliphatic heterocycles. The van der Waals surface area contributed by atoms with Crippen LogP contribution in [0.15, 0.2) is 176 Å². The Kier molecular flexibility index (Phi) is 14.8. The Morgan fingerprint density at radius 2 is 0.418 bits per heavy atom. The fraction of sp³-hybridized carbons (Fsp3) is 0.344. The van der Waals surface area contributed by atoms with Crippen molar-refractivity contribution in [1.29, 1.82) is 5.26 Å². The Morgan fingerprint density at radius 3 is 0.622 bits per heavy atom. The Balaban J connectivity index is 1.37. The molecular formula is C93H101N5. The zero-order valence-electron chi connectivity index (χ0n) is 63.0. The molecule has 0 atom stereocenters. The molecule has 498 valence electrons. The van der Waals surface area contributed by atoms with Gasteiger partial charge in [0.05, 0.1) is 66.9 Å². The van der Waals surface area contributed by atoms with Gasteiger partial charge in [-0.25, -0.2) is 0 Å². The first kappa shape index (κ1) is 66.1. The smallest absolute Gasteiger partial charge is 0.104 e. The summed E-state index contributed by atoms with van der Waals surface area (Å²) in [7, 11) is 0. The lowest BCUT2D eigenvalue weighted by Crippen LogP contribution is -2.17. The largest absolute Gasteiger partial charge is 0.307 e. The van der Waals surface area contributed by atoms with E-state index in [-0.39, 0.29) is 43.3 Å². The van der Waals surface area contributed by atoms with Crippen LogP contribution < -0.4 is 0 Å². The van der Waals surface area contributed by atoms with Gasteiger partial charge >= 0.3 is 0 Å². The molecule has 0 saturated heterocycles. The summed E-state index contributed by atoms with van der Waals surface area (Å²) in [5, 5.41) is 22.9. The van der Waals surface area contributed by atoms with Crippen molar-refractivity contribution in [3.63, 3.8) is 0 Å². The topological polar surface area (TPSA) is 43.5 Å². The normalized spacial score (nSPS) is 13.5. The third kappa shape index (κ3) is 10.7. The molecule has 0 saturated carbocycles. The van der Waals surface area contributed by atoms with E-state index in [0.717, 1.165) is 99.6 Å². The van der Waals surface area contributed by atoms with Crippen LogP contribution in [0.4, 0.5) is 0 Å². The lowest BCUT2D eigenvalue weighted by atomic mass is 9.85. The molecule has 0 aliphatic rings. The van der Waals surface area contributed by atoms with Crippen LogP contribution in [-0.2, 0) is 43.3 Å². The standard InChI is InChI=1S/C93H101N5/c1-86(2,3)56-30-38-73-64(46-56)65-47-57(87(4,5)6)31-39-74(65)95(73)82-72(54-94)83(96-75-40-32-58(88(7,8)9)48-66(75)67-49-59(89(10,11)12)33-41-76(67)96)85(98-79-44-36-62(92(19,20)21)52-70(79)71-53-63(93(22,23)24)37-45-80(71)98)84(81(82)55-28-26-25-27-29-55)97-77-42-34-60(90(13,14)15)50-68(77)69-51-61(91(16,17)18)35-43-78(69)97/h25-53H,1-24H3. The van der Waals surface area contributed by atoms with Gasteiger partial charge in [0, 0.05) is 48.7 Å². The molecule has 0 N–H and O–H groups in total. The summed E-state index contributed by atoms with van der Waals surface area (Å²) in [5.41, 5.74) is 23.4. The molecule has 0 fully saturated rings. The molecule has 5 heteroatoms. The van der Waals surface area contributed by atoms with E-state index < -0.39 is 0 Å². The molecule has 14 aromatic rings. The first-order valence-electron chi connectivity index (χ1n) is 35.7. The molecular weight excluding hydrogens is 1190 g/mol. The molecule has 4 heterocycles. The Morgan fingerprint density at radius 1 is 0.224 bits per heavy atom. The predicted octanol–water partition coefficient (Wildman–Crippen LogP) is 26.0. The van der Waals surface area contributed by atoms with Crippen molar-refractivity contribution in [2.24, 2.45) is 0 Å². The van der Waals surface area contributed by atoms with Crippen molar-refractivity contribution in [3.8, 4) is 39.9 Å². The summed E-state index contributed by atoms with van der Waals surface area (Å²) < 4.78 is 10.3. The molecule has 14 rings (SSSR count). The predicted molar refractivity (Wildman–Crippen MR) is 424 cm³/mol. The zero-order valence-corrected chi connectivity index (χ0v) is 63.0. The van der Waals surface area contributed by atoms with Gasteiger partial charge in [0.1, 0.15) is 11.6 Å². The minimum atomic E-state index is -0.155. The Labute approximate surface area is 582 Å². The summed E-state index contributed by atoms with van der Waals surface area (Å²) in [4.78, 5) is 0. The maximum atomic E-state index is 13.5. The van der Waals surface area contributed by atoms with Gasteiger partial charge in [0.25, 0.3) is 0 Å². The first-order valence-corrected chi connectivity index (χ1v) is 35.7. The number of nitrogens with zero attached hydrogens (tertiary/aromatic N) is 5. The molecule has 0 bridgehead atoms. The number of aromatic nitrogens is 4. The molecule has 4 aromatic heterocycles. The molecule has 98 heavy (non-hydrogen) atoms. The maximum absolute atomic E-state index is 13.5. The second-order valence-corrected chi connectivity index (χ2v) is 36.8. The van der Waals surface area contributed by atoms with Crippen molar-refractivity contribution in [2.75, 3.05) is 0 Å². The molecule has 0 unspecified atom stereocenters. The lowest BCUT2D eigenvalue weighted by Gasteiger charge is -2.30. The quantitative estimate of drug-likeness (QED) is 0.169. The van der Waals surface area contributed by atoms with Crippen LogP contribution in [0.25, 0.3) is 121 Å². The SMILES string of the molecule is CC(C)(C)c1ccc2c(c1)c1cc(C(C)(C)C)ccc1n2-c1c(C#N)c(-n2c3ccc(C(C)(C)C)cc3c3cc(C(C)(C)C)ccc32)c(-n2c3ccc(C(C)(C)C)cc3c3cc(C(C)(C)C)ccc32)c(-n2c3ccc(C(C)(C)C)cc3c3cc(C(C)(C)C)ccc32)c1-c1ccccc1. The van der Waals surface area contributed by atoms with Crippen LogP contribution in [0, 0.1) is 11.3 Å². The van der Waals surface area contributed by atoms with Crippen LogP contribution in [0.2, 0.25) is 0 Å². The second kappa shape index (κ2) is 21.9. The number of rotatable bonds is 5. The number of benzene rings is 10. The summed E-state index contributed by atoms with van der Waals surface area (Å²) >= 11 is 0. The zero-order chi connectivity index (χ0) is 70.4. The fourth-order valence-electron chi connectivity index (χ4n) is 15.3. The van der Waals surface area contributed by atoms with Crippen LogP contribution in [0.5, 0.6) is 0 Å². The van der Waals surface area contributed by atoms with Gasteiger partial charge in [-0.3, -0.25) is 0 Å². The van der Waals surface area contributed by atoms with Gasteiger partial charge in [0.2, 0.25) is 0 Å². The van der Waals surface area contributed by atoms with Crippen molar-refractivity contribution >= 4 is 87.2 Å². The van der Waals surface area contributed by atoms with Crippen LogP contribution in [-0.4, -0.2) is 18.3 Å². The van der Waals surface area contributed by atoms with E-state index in [1.54, 1.807) is 0 Å². The van der Waals surface area contributed by atoms with Gasteiger partial charge in [-0.2, -0.15) is 5.26 Å². The maximum Gasteiger partial charge on any atom is 0.104 e. The van der Waals surface area contributed by atoms with E-state index in [0.29, 0.717) is 5.56 Å². The van der Waals surface area contributed by atoms with Crippen molar-refractivity contribution in [1.82, 2.24) is 18.3 Å². The van der Waals surface area contributed by atoms with Gasteiger partial charge in [0.15, 0.2) is 0 Å². The number of hydrogen-bond acceptors (Lipinski definition) is 1. The highest BCUT2D eigenvalue weighted by atomic mass is 15.1. The highest BCUT2D eigenvalue weighted by molar-refractivity contribution is 6.18. The van der Waals surface area contributed by atoms with Crippen molar-refractivity contribution in [3.05, 3.63) is 226 Å². The fourth-order valence-corrected chi connectivity index (χ4v) is 15.3. The minimum Gasteiger partial charge on any atom is -0.307 e. The van der Waals surface area contributed by atoms with E-state index in [4.69, 9.17) is 0 Å². The molecule has 0 aliphatic carbocycles. The Hall–Kier alpha value is -9.11. The van der Waals surface area contributed by atoms with E-state index in [1.807, 2.05) is 0 Å². The number of fused-ring (bicyclic) bond motifs is 12. The van der Waals surface area contributed by atoms with Gasteiger partial charge < -0.3 is 18.3 Å². The third-order valence-electron chi connectivity index (χ3n) is 21.5. The van der Waals surface area contributed by atoms with E-state index >= 15 is 0 Å². The lowest BCUT2D eigenvalue weighted by molar-refractivity contribution is 0.590. The minimum absolute atomic E-state index is 0.144. The molecule has 10 aromatic carbocycles. The average Bonchev–Trinajstić information content (AvgIpc) is 1.45. The summed E-state index contributed by atoms with van der Waals surface area (Å²) in [5.74, 6) is 0. The van der Waals surface area contributed by atoms with Crippen LogP contribution in [0.3, 0.4) is 0 Å². The van der Waals surface area contributed by atoms with E-state index in [2.05, 4.69) is 366 Å². The first-order chi connectivity index (χ1) is 45.6. The molecule has 0 spiro atoms.